The van der Waals surface area contributed by atoms with Crippen LogP contribution in [0.2, 0.25) is 0 Å². The Kier molecular flexibility index (Phi) is 7.99. The Labute approximate surface area is 185 Å². The smallest absolute Gasteiger partial charge is 0.0367 e. The maximum Gasteiger partial charge on any atom is 0.0367 e. The molecular formula is C28H42N2. The third-order valence-corrected chi connectivity index (χ3v) is 6.65. The molecule has 0 bridgehead atoms. The first-order chi connectivity index (χ1) is 14.4. The largest absolute Gasteiger partial charge is 0.369 e. The standard InChI is InChI=1S/C28H42N2/c1-6-7-8-9-25-22-24(11-10-23(25)2)16-17-29-18-20-30(21-19-29)27-14-12-26(13-15-27)28(3,4)5/h10-15,22H,6-9,16-21H2,1-5H3. The van der Waals surface area contributed by atoms with E-state index < -0.39 is 0 Å². The van der Waals surface area contributed by atoms with Gasteiger partial charge in [0.1, 0.15) is 0 Å². The molecule has 30 heavy (non-hydrogen) atoms. The van der Waals surface area contributed by atoms with Crippen LogP contribution in [-0.4, -0.2) is 37.6 Å². The van der Waals surface area contributed by atoms with Crippen LogP contribution in [0.15, 0.2) is 42.5 Å². The summed E-state index contributed by atoms with van der Waals surface area (Å²) in [6, 6.07) is 16.4. The third-order valence-electron chi connectivity index (χ3n) is 6.65. The molecule has 2 aromatic carbocycles. The van der Waals surface area contributed by atoms with Gasteiger partial charge in [-0.25, -0.2) is 0 Å². The molecule has 0 spiro atoms. The average molecular weight is 407 g/mol. The first kappa shape index (κ1) is 22.9. The van der Waals surface area contributed by atoms with Crippen molar-refractivity contribution in [3.05, 3.63) is 64.7 Å². The summed E-state index contributed by atoms with van der Waals surface area (Å²) in [5, 5.41) is 0. The molecule has 2 aromatic rings. The van der Waals surface area contributed by atoms with E-state index in [0.717, 1.165) is 26.2 Å². The molecule has 0 saturated carbocycles. The molecule has 1 aliphatic rings. The Bertz CT molecular complexity index is 777. The predicted octanol–water partition coefficient (Wildman–Crippen LogP) is 6.39. The highest BCUT2D eigenvalue weighted by Gasteiger charge is 2.18. The predicted molar refractivity (Wildman–Crippen MR) is 132 cm³/mol. The van der Waals surface area contributed by atoms with E-state index in [-0.39, 0.29) is 5.41 Å². The molecule has 2 heteroatoms. The molecule has 0 N–H and O–H groups in total. The highest BCUT2D eigenvalue weighted by molar-refractivity contribution is 5.49. The number of unbranched alkanes of at least 4 members (excludes halogenated alkanes) is 2. The SMILES string of the molecule is CCCCCc1cc(CCN2CCN(c3ccc(C(C)(C)C)cc3)CC2)ccc1C. The van der Waals surface area contributed by atoms with Crippen molar-refractivity contribution in [3.63, 3.8) is 0 Å². The highest BCUT2D eigenvalue weighted by Crippen LogP contribution is 2.25. The van der Waals surface area contributed by atoms with Crippen molar-refractivity contribution in [2.45, 2.75) is 72.1 Å². The minimum Gasteiger partial charge on any atom is -0.369 e. The number of piperazine rings is 1. The molecule has 2 nitrogen and oxygen atoms in total. The van der Waals surface area contributed by atoms with Crippen molar-refractivity contribution < 1.29 is 0 Å². The number of aryl methyl sites for hydroxylation is 2. The molecule has 1 heterocycles. The van der Waals surface area contributed by atoms with Crippen LogP contribution in [0.25, 0.3) is 0 Å². The second-order valence-electron chi connectivity index (χ2n) is 10.1. The zero-order valence-electron chi connectivity index (χ0n) is 20.0. The molecule has 0 aliphatic carbocycles. The van der Waals surface area contributed by atoms with Gasteiger partial charge in [0.25, 0.3) is 0 Å². The number of hydrogen-bond donors (Lipinski definition) is 0. The minimum absolute atomic E-state index is 0.225. The Morgan fingerprint density at radius 2 is 1.53 bits per heavy atom. The Hall–Kier alpha value is -1.80. The van der Waals surface area contributed by atoms with Gasteiger partial charge in [-0.05, 0) is 66.0 Å². The molecule has 164 valence electrons. The second kappa shape index (κ2) is 10.5. The zero-order valence-corrected chi connectivity index (χ0v) is 20.0. The lowest BCUT2D eigenvalue weighted by Crippen LogP contribution is -2.47. The molecule has 3 rings (SSSR count). The van der Waals surface area contributed by atoms with Gasteiger partial charge in [0, 0.05) is 38.4 Å². The van der Waals surface area contributed by atoms with Gasteiger partial charge in [0.15, 0.2) is 0 Å². The van der Waals surface area contributed by atoms with Crippen molar-refractivity contribution in [3.8, 4) is 0 Å². The van der Waals surface area contributed by atoms with E-state index in [9.17, 15) is 0 Å². The number of rotatable bonds is 8. The molecule has 0 amide bonds. The summed E-state index contributed by atoms with van der Waals surface area (Å²) in [5.41, 5.74) is 7.54. The summed E-state index contributed by atoms with van der Waals surface area (Å²) in [6.07, 6.45) is 6.36. The van der Waals surface area contributed by atoms with Crippen LogP contribution in [0.4, 0.5) is 5.69 Å². The fourth-order valence-corrected chi connectivity index (χ4v) is 4.40. The normalized spacial score (nSPS) is 15.6. The maximum absolute atomic E-state index is 2.64. The lowest BCUT2D eigenvalue weighted by molar-refractivity contribution is 0.261. The van der Waals surface area contributed by atoms with Gasteiger partial charge >= 0.3 is 0 Å². The van der Waals surface area contributed by atoms with Crippen molar-refractivity contribution in [1.82, 2.24) is 4.90 Å². The first-order valence-corrected chi connectivity index (χ1v) is 12.0. The summed E-state index contributed by atoms with van der Waals surface area (Å²) in [7, 11) is 0. The maximum atomic E-state index is 2.64. The van der Waals surface area contributed by atoms with Crippen molar-refractivity contribution in [1.29, 1.82) is 0 Å². The Morgan fingerprint density at radius 1 is 0.833 bits per heavy atom. The van der Waals surface area contributed by atoms with Crippen molar-refractivity contribution in [2.24, 2.45) is 0 Å². The van der Waals surface area contributed by atoms with Crippen LogP contribution >= 0.6 is 0 Å². The van der Waals surface area contributed by atoms with E-state index in [0.29, 0.717) is 0 Å². The van der Waals surface area contributed by atoms with Crippen molar-refractivity contribution >= 4 is 5.69 Å². The summed E-state index contributed by atoms with van der Waals surface area (Å²) in [6.45, 7) is 17.1. The summed E-state index contributed by atoms with van der Waals surface area (Å²) in [4.78, 5) is 5.18. The third kappa shape index (κ3) is 6.35. The molecule has 0 aromatic heterocycles. The quantitative estimate of drug-likeness (QED) is 0.469. The summed E-state index contributed by atoms with van der Waals surface area (Å²) >= 11 is 0. The molecule has 0 radical (unpaired) electrons. The van der Waals surface area contributed by atoms with Crippen LogP contribution in [0.5, 0.6) is 0 Å². The topological polar surface area (TPSA) is 6.48 Å². The van der Waals surface area contributed by atoms with Gasteiger partial charge in [-0.3, -0.25) is 4.90 Å². The van der Waals surface area contributed by atoms with E-state index >= 15 is 0 Å². The Balaban J connectivity index is 1.47. The minimum atomic E-state index is 0.225. The van der Waals surface area contributed by atoms with E-state index in [1.165, 1.54) is 61.0 Å². The molecule has 0 atom stereocenters. The van der Waals surface area contributed by atoms with Crippen molar-refractivity contribution in [2.75, 3.05) is 37.6 Å². The van der Waals surface area contributed by atoms with E-state index in [2.05, 4.69) is 86.9 Å². The van der Waals surface area contributed by atoms with Gasteiger partial charge in [-0.2, -0.15) is 0 Å². The molecule has 1 fully saturated rings. The fourth-order valence-electron chi connectivity index (χ4n) is 4.40. The monoisotopic (exact) mass is 406 g/mol. The zero-order chi connectivity index (χ0) is 21.6. The fraction of sp³-hybridized carbons (Fsp3) is 0.571. The summed E-state index contributed by atoms with van der Waals surface area (Å²) < 4.78 is 0. The van der Waals surface area contributed by atoms with Crippen LogP contribution in [0.1, 0.15) is 69.2 Å². The number of nitrogens with zero attached hydrogens (tertiary/aromatic N) is 2. The van der Waals surface area contributed by atoms with Gasteiger partial charge in [-0.1, -0.05) is 70.9 Å². The molecule has 1 saturated heterocycles. The van der Waals surface area contributed by atoms with Gasteiger partial charge in [0.2, 0.25) is 0 Å². The molecular weight excluding hydrogens is 364 g/mol. The van der Waals surface area contributed by atoms with E-state index in [4.69, 9.17) is 0 Å². The lowest BCUT2D eigenvalue weighted by atomic mass is 9.87. The van der Waals surface area contributed by atoms with E-state index in [1.807, 2.05) is 0 Å². The second-order valence-corrected chi connectivity index (χ2v) is 10.1. The number of anilines is 1. The van der Waals surface area contributed by atoms with Gasteiger partial charge < -0.3 is 4.90 Å². The van der Waals surface area contributed by atoms with Gasteiger partial charge in [0.05, 0.1) is 0 Å². The first-order valence-electron chi connectivity index (χ1n) is 12.0. The highest BCUT2D eigenvalue weighted by atomic mass is 15.3. The van der Waals surface area contributed by atoms with Crippen LogP contribution in [0, 0.1) is 6.92 Å². The van der Waals surface area contributed by atoms with Crippen LogP contribution in [0.3, 0.4) is 0 Å². The van der Waals surface area contributed by atoms with Crippen LogP contribution in [-0.2, 0) is 18.3 Å². The molecule has 0 unspecified atom stereocenters. The lowest BCUT2D eigenvalue weighted by Gasteiger charge is -2.36. The van der Waals surface area contributed by atoms with E-state index in [1.54, 1.807) is 5.56 Å². The molecule has 1 aliphatic heterocycles. The average Bonchev–Trinajstić information content (AvgIpc) is 2.74. The summed E-state index contributed by atoms with van der Waals surface area (Å²) in [5.74, 6) is 0. The Morgan fingerprint density at radius 3 is 2.17 bits per heavy atom. The number of benzene rings is 2. The number of hydrogen-bond acceptors (Lipinski definition) is 2. The van der Waals surface area contributed by atoms with Gasteiger partial charge in [-0.15, -0.1) is 0 Å². The van der Waals surface area contributed by atoms with Crippen LogP contribution < -0.4 is 4.90 Å².